The molecule has 0 aliphatic rings. The van der Waals surface area contributed by atoms with Crippen LogP contribution in [-0.2, 0) is 25.5 Å². The number of nitrogens with one attached hydrogen (secondary N) is 1. The normalized spacial score (nSPS) is 11.5. The number of nitro groups is 1. The van der Waals surface area contributed by atoms with Crippen LogP contribution >= 0.6 is 0 Å². The molecule has 0 aliphatic carbocycles. The number of ether oxygens (including phenoxy) is 3. The zero-order valence-electron chi connectivity index (χ0n) is 13.7. The highest BCUT2D eigenvalue weighted by Gasteiger charge is 2.24. The zero-order chi connectivity index (χ0) is 18.1. The molecule has 0 fully saturated rings. The molecule has 0 radical (unpaired) electrons. The number of nitrogens with zero attached hydrogens (tertiary/aromatic N) is 1. The van der Waals surface area contributed by atoms with Crippen molar-refractivity contribution in [3.8, 4) is 5.75 Å². The highest BCUT2D eigenvalue weighted by molar-refractivity contribution is 5.85. The Bertz CT molecular complexity index is 603. The molecule has 0 bridgehead atoms. The average molecular weight is 340 g/mol. The van der Waals surface area contributed by atoms with Gasteiger partial charge in [-0.25, -0.2) is 4.79 Å². The first-order chi connectivity index (χ1) is 11.4. The molecule has 1 N–H and O–H groups in total. The van der Waals surface area contributed by atoms with Gasteiger partial charge in [0, 0.05) is 19.1 Å². The van der Waals surface area contributed by atoms with E-state index in [-0.39, 0.29) is 24.5 Å². The van der Waals surface area contributed by atoms with Crippen molar-refractivity contribution in [2.45, 2.75) is 19.4 Å². The summed E-state index contributed by atoms with van der Waals surface area (Å²) < 4.78 is 14.6. The minimum atomic E-state index is -0.976. The maximum absolute atomic E-state index is 11.8. The van der Waals surface area contributed by atoms with Crippen molar-refractivity contribution in [1.29, 1.82) is 0 Å². The van der Waals surface area contributed by atoms with Gasteiger partial charge in [-0.3, -0.25) is 14.9 Å². The predicted molar refractivity (Wildman–Crippen MR) is 83.8 cm³/mol. The van der Waals surface area contributed by atoms with Gasteiger partial charge >= 0.3 is 11.7 Å². The summed E-state index contributed by atoms with van der Waals surface area (Å²) in [6.07, 6.45) is 0.0371. The van der Waals surface area contributed by atoms with Crippen LogP contribution in [0.3, 0.4) is 0 Å². The van der Waals surface area contributed by atoms with E-state index in [9.17, 15) is 19.7 Å². The molecule has 0 heterocycles. The van der Waals surface area contributed by atoms with Crippen molar-refractivity contribution < 1.29 is 28.7 Å². The zero-order valence-corrected chi connectivity index (χ0v) is 13.7. The van der Waals surface area contributed by atoms with Crippen LogP contribution in [0.25, 0.3) is 0 Å². The molecule has 0 aromatic heterocycles. The number of esters is 1. The molecule has 9 heteroatoms. The summed E-state index contributed by atoms with van der Waals surface area (Å²) >= 11 is 0. The minimum absolute atomic E-state index is 0.0371. The number of methoxy groups -OCH3 is 2. The lowest BCUT2D eigenvalue weighted by molar-refractivity contribution is -0.385. The van der Waals surface area contributed by atoms with Gasteiger partial charge in [0.15, 0.2) is 5.75 Å². The molecule has 0 saturated heterocycles. The number of benzene rings is 1. The summed E-state index contributed by atoms with van der Waals surface area (Å²) in [6, 6.07) is 3.33. The predicted octanol–water partition coefficient (Wildman–Crippen LogP) is 0.840. The number of carbonyl (C=O) groups excluding carboxylic acids is 2. The van der Waals surface area contributed by atoms with E-state index in [4.69, 9.17) is 9.47 Å². The average Bonchev–Trinajstić information content (AvgIpc) is 2.58. The fraction of sp³-hybridized carbons (Fsp3) is 0.467. The molecule has 1 atom stereocenters. The van der Waals surface area contributed by atoms with Crippen molar-refractivity contribution in [3.63, 3.8) is 0 Å². The van der Waals surface area contributed by atoms with E-state index in [1.54, 1.807) is 13.0 Å². The standard InChI is InChI=1S/C15H20N2O7/c1-4-24-9-14(18)16-11(15(19)23-3)7-10-5-6-13(22-2)12(8-10)17(20)21/h5-6,8,11H,4,7,9H2,1-3H3,(H,16,18)/t11-/m1/s1. The first kappa shape index (κ1) is 19.4. The summed E-state index contributed by atoms with van der Waals surface area (Å²) in [6.45, 7) is 1.91. The van der Waals surface area contributed by atoms with Crippen molar-refractivity contribution in [1.82, 2.24) is 5.32 Å². The third-order valence-corrected chi connectivity index (χ3v) is 3.14. The van der Waals surface area contributed by atoms with Gasteiger partial charge < -0.3 is 19.5 Å². The highest BCUT2D eigenvalue weighted by Crippen LogP contribution is 2.28. The minimum Gasteiger partial charge on any atom is -0.490 e. The number of rotatable bonds is 9. The Balaban J connectivity index is 2.94. The Kier molecular flexibility index (Phi) is 7.63. The number of hydrogen-bond acceptors (Lipinski definition) is 7. The fourth-order valence-corrected chi connectivity index (χ4v) is 2.01. The lowest BCUT2D eigenvalue weighted by atomic mass is 10.0. The first-order valence-electron chi connectivity index (χ1n) is 7.19. The first-order valence-corrected chi connectivity index (χ1v) is 7.19. The summed E-state index contributed by atoms with van der Waals surface area (Å²) in [7, 11) is 2.52. The van der Waals surface area contributed by atoms with E-state index in [1.807, 2.05) is 0 Å². The Hall–Kier alpha value is -2.68. The number of carbonyl (C=O) groups is 2. The van der Waals surface area contributed by atoms with E-state index < -0.39 is 22.8 Å². The van der Waals surface area contributed by atoms with Gasteiger partial charge in [0.05, 0.1) is 19.1 Å². The van der Waals surface area contributed by atoms with Crippen LogP contribution in [-0.4, -0.2) is 50.3 Å². The summed E-state index contributed by atoms with van der Waals surface area (Å²) in [5.41, 5.74) is 0.258. The Labute approximate surface area is 139 Å². The number of nitro benzene ring substituents is 1. The quantitative estimate of drug-likeness (QED) is 0.402. The molecule has 0 saturated carbocycles. The Morgan fingerprint density at radius 3 is 2.58 bits per heavy atom. The van der Waals surface area contributed by atoms with Crippen LogP contribution in [0, 0.1) is 10.1 Å². The third-order valence-electron chi connectivity index (χ3n) is 3.14. The molecule has 1 amide bonds. The van der Waals surface area contributed by atoms with Gasteiger partial charge in [0.2, 0.25) is 5.91 Å². The highest BCUT2D eigenvalue weighted by atomic mass is 16.6. The van der Waals surface area contributed by atoms with Crippen molar-refractivity contribution in [2.75, 3.05) is 27.4 Å². The lowest BCUT2D eigenvalue weighted by Crippen LogP contribution is -2.44. The van der Waals surface area contributed by atoms with Crippen molar-refractivity contribution in [2.24, 2.45) is 0 Å². The van der Waals surface area contributed by atoms with Gasteiger partial charge in [-0.15, -0.1) is 0 Å². The molecule has 1 aromatic carbocycles. The maximum Gasteiger partial charge on any atom is 0.328 e. The van der Waals surface area contributed by atoms with Crippen LogP contribution in [0.5, 0.6) is 5.75 Å². The molecular formula is C15H20N2O7. The lowest BCUT2D eigenvalue weighted by Gasteiger charge is -2.16. The molecule has 1 rings (SSSR count). The molecule has 0 aliphatic heterocycles. The van der Waals surface area contributed by atoms with Gasteiger partial charge in [-0.05, 0) is 18.6 Å². The smallest absolute Gasteiger partial charge is 0.328 e. The monoisotopic (exact) mass is 340 g/mol. The third kappa shape index (κ3) is 5.51. The van der Waals surface area contributed by atoms with Gasteiger partial charge in [-0.1, -0.05) is 6.07 Å². The fourth-order valence-electron chi connectivity index (χ4n) is 2.01. The molecule has 9 nitrogen and oxygen atoms in total. The second-order valence-electron chi connectivity index (χ2n) is 4.75. The van der Waals surface area contributed by atoms with Gasteiger partial charge in [-0.2, -0.15) is 0 Å². The van der Waals surface area contributed by atoms with Crippen LogP contribution in [0.4, 0.5) is 5.69 Å². The molecule has 132 valence electrons. The van der Waals surface area contributed by atoms with Gasteiger partial charge in [0.1, 0.15) is 12.6 Å². The summed E-state index contributed by atoms with van der Waals surface area (Å²) in [5, 5.41) is 13.5. The Morgan fingerprint density at radius 2 is 2.04 bits per heavy atom. The SMILES string of the molecule is CCOCC(=O)N[C@H](Cc1ccc(OC)c([N+](=O)[O-])c1)C(=O)OC. The molecule has 1 aromatic rings. The topological polar surface area (TPSA) is 117 Å². The van der Waals surface area contributed by atoms with E-state index in [0.717, 1.165) is 0 Å². The second-order valence-corrected chi connectivity index (χ2v) is 4.75. The molecular weight excluding hydrogens is 320 g/mol. The second kappa shape index (κ2) is 9.46. The number of hydrogen-bond donors (Lipinski definition) is 1. The van der Waals surface area contributed by atoms with Crippen molar-refractivity contribution in [3.05, 3.63) is 33.9 Å². The summed E-state index contributed by atoms with van der Waals surface area (Å²) in [4.78, 5) is 34.0. The van der Waals surface area contributed by atoms with Crippen LogP contribution < -0.4 is 10.1 Å². The maximum atomic E-state index is 11.8. The van der Waals surface area contributed by atoms with Crippen LogP contribution in [0.2, 0.25) is 0 Å². The molecule has 24 heavy (non-hydrogen) atoms. The molecule has 0 spiro atoms. The van der Waals surface area contributed by atoms with E-state index in [0.29, 0.717) is 12.2 Å². The summed E-state index contributed by atoms with van der Waals surface area (Å²) in [5.74, 6) is -1.02. The van der Waals surface area contributed by atoms with E-state index in [1.165, 1.54) is 26.4 Å². The molecule has 0 unspecified atom stereocenters. The van der Waals surface area contributed by atoms with Crippen LogP contribution in [0.15, 0.2) is 18.2 Å². The Morgan fingerprint density at radius 1 is 1.33 bits per heavy atom. The van der Waals surface area contributed by atoms with Crippen LogP contribution in [0.1, 0.15) is 12.5 Å². The van der Waals surface area contributed by atoms with E-state index >= 15 is 0 Å². The van der Waals surface area contributed by atoms with E-state index in [2.05, 4.69) is 10.1 Å². The largest absolute Gasteiger partial charge is 0.490 e. The van der Waals surface area contributed by atoms with Crippen molar-refractivity contribution >= 4 is 17.6 Å². The number of amides is 1. The van der Waals surface area contributed by atoms with Gasteiger partial charge in [0.25, 0.3) is 0 Å².